The van der Waals surface area contributed by atoms with Crippen LogP contribution in [-0.2, 0) is 4.79 Å². The van der Waals surface area contributed by atoms with Gasteiger partial charge in [-0.15, -0.1) is 0 Å². The molecule has 0 spiro atoms. The van der Waals surface area contributed by atoms with Crippen molar-refractivity contribution in [1.82, 2.24) is 4.90 Å². The summed E-state index contributed by atoms with van der Waals surface area (Å²) in [6.07, 6.45) is 0. The van der Waals surface area contributed by atoms with E-state index in [9.17, 15) is 14.7 Å². The lowest BCUT2D eigenvalue weighted by Crippen LogP contribution is -2.33. The van der Waals surface area contributed by atoms with Crippen LogP contribution in [0.4, 0.5) is 5.69 Å². The van der Waals surface area contributed by atoms with E-state index in [1.54, 1.807) is 24.3 Å². The Hall–Kier alpha value is -2.34. The predicted molar refractivity (Wildman–Crippen MR) is 80.6 cm³/mol. The van der Waals surface area contributed by atoms with Crippen molar-refractivity contribution in [2.45, 2.75) is 13.8 Å². The molecule has 2 aromatic rings. The largest absolute Gasteiger partial charge is 0.505 e. The topological polar surface area (TPSA) is 82.8 Å². The first-order valence-corrected chi connectivity index (χ1v) is 6.83. The van der Waals surface area contributed by atoms with Crippen LogP contribution in [0, 0.1) is 0 Å². The van der Waals surface area contributed by atoms with Gasteiger partial charge in [0.1, 0.15) is 5.58 Å². The maximum Gasteiger partial charge on any atom is 0.364 e. The van der Waals surface area contributed by atoms with Crippen LogP contribution in [0.5, 0.6) is 5.75 Å². The average Bonchev–Trinajstić information content (AvgIpc) is 2.49. The monoisotopic (exact) mass is 290 g/mol. The summed E-state index contributed by atoms with van der Waals surface area (Å²) in [4.78, 5) is 25.7. The van der Waals surface area contributed by atoms with Crippen LogP contribution >= 0.6 is 0 Å². The zero-order valence-electron chi connectivity index (χ0n) is 12.0. The fourth-order valence-corrected chi connectivity index (χ4v) is 2.07. The number of hydrogen-bond donors (Lipinski definition) is 2. The molecule has 0 aliphatic heterocycles. The molecule has 0 fully saturated rings. The van der Waals surface area contributed by atoms with Crippen molar-refractivity contribution in [2.75, 3.05) is 25.0 Å². The molecule has 1 aromatic heterocycles. The van der Waals surface area contributed by atoms with Crippen LogP contribution in [0.15, 0.2) is 33.5 Å². The van der Waals surface area contributed by atoms with Crippen LogP contribution in [0.1, 0.15) is 13.8 Å². The van der Waals surface area contributed by atoms with E-state index in [1.807, 2.05) is 18.7 Å². The number of para-hydroxylation sites is 1. The van der Waals surface area contributed by atoms with E-state index < -0.39 is 5.63 Å². The summed E-state index contributed by atoms with van der Waals surface area (Å²) in [5, 5.41) is 13.0. The van der Waals surface area contributed by atoms with Crippen molar-refractivity contribution in [3.8, 4) is 5.75 Å². The minimum atomic E-state index is -0.765. The Kier molecular flexibility index (Phi) is 4.59. The Bertz CT molecular complexity index is 704. The van der Waals surface area contributed by atoms with Crippen molar-refractivity contribution in [3.05, 3.63) is 34.7 Å². The SMILES string of the molecule is CCN(CC)CC(=O)Nc1c(O)c2ccccc2oc1=O. The minimum absolute atomic E-state index is 0.151. The van der Waals surface area contributed by atoms with E-state index in [0.29, 0.717) is 5.39 Å². The Morgan fingerprint density at radius 2 is 1.95 bits per heavy atom. The molecule has 2 N–H and O–H groups in total. The lowest BCUT2D eigenvalue weighted by atomic mass is 10.2. The molecule has 0 atom stereocenters. The van der Waals surface area contributed by atoms with Gasteiger partial charge >= 0.3 is 5.63 Å². The quantitative estimate of drug-likeness (QED) is 0.820. The standard InChI is InChI=1S/C15H18N2O4/c1-3-17(4-2)9-12(18)16-13-14(19)10-7-5-6-8-11(10)21-15(13)20/h5-8,19H,3-4,9H2,1-2H3,(H,16,18). The molecule has 1 amide bonds. The van der Waals surface area contributed by atoms with Crippen molar-refractivity contribution in [2.24, 2.45) is 0 Å². The summed E-state index contributed by atoms with van der Waals surface area (Å²) >= 11 is 0. The van der Waals surface area contributed by atoms with E-state index >= 15 is 0 Å². The molecule has 2 rings (SSSR count). The summed E-state index contributed by atoms with van der Waals surface area (Å²) in [5.74, 6) is -0.633. The molecule has 0 unspecified atom stereocenters. The number of benzene rings is 1. The molecule has 1 aromatic carbocycles. The number of rotatable bonds is 5. The summed E-state index contributed by atoms with van der Waals surface area (Å²) in [5.41, 5.74) is -0.702. The Labute approximate surface area is 122 Å². The van der Waals surface area contributed by atoms with Gasteiger partial charge in [-0.05, 0) is 25.2 Å². The average molecular weight is 290 g/mol. The fraction of sp³-hybridized carbons (Fsp3) is 0.333. The van der Waals surface area contributed by atoms with Gasteiger partial charge in [-0.25, -0.2) is 4.79 Å². The Balaban J connectivity index is 2.30. The molecule has 0 bridgehead atoms. The molecule has 1 heterocycles. The van der Waals surface area contributed by atoms with Gasteiger partial charge in [-0.2, -0.15) is 0 Å². The zero-order chi connectivity index (χ0) is 15.4. The first-order chi connectivity index (χ1) is 10.1. The van der Waals surface area contributed by atoms with Crippen molar-refractivity contribution < 1.29 is 14.3 Å². The van der Waals surface area contributed by atoms with Crippen LogP contribution in [0.25, 0.3) is 11.0 Å². The van der Waals surface area contributed by atoms with Crippen LogP contribution in [0.3, 0.4) is 0 Å². The van der Waals surface area contributed by atoms with E-state index in [0.717, 1.165) is 13.1 Å². The normalized spacial score (nSPS) is 11.0. The number of hydrogen-bond acceptors (Lipinski definition) is 5. The smallest absolute Gasteiger partial charge is 0.364 e. The number of aromatic hydroxyl groups is 1. The van der Waals surface area contributed by atoms with Crippen molar-refractivity contribution in [1.29, 1.82) is 0 Å². The maximum atomic E-state index is 11.9. The first-order valence-electron chi connectivity index (χ1n) is 6.83. The molecular weight excluding hydrogens is 272 g/mol. The number of anilines is 1. The summed E-state index contributed by atoms with van der Waals surface area (Å²) in [7, 11) is 0. The zero-order valence-corrected chi connectivity index (χ0v) is 12.0. The molecule has 6 heteroatoms. The second-order valence-electron chi connectivity index (χ2n) is 4.62. The summed E-state index contributed by atoms with van der Waals surface area (Å²) in [6.45, 7) is 5.49. The highest BCUT2D eigenvalue weighted by Crippen LogP contribution is 2.29. The molecule has 0 aliphatic rings. The Morgan fingerprint density at radius 1 is 1.29 bits per heavy atom. The third kappa shape index (κ3) is 3.22. The highest BCUT2D eigenvalue weighted by atomic mass is 16.4. The lowest BCUT2D eigenvalue weighted by molar-refractivity contribution is -0.117. The molecule has 21 heavy (non-hydrogen) atoms. The lowest BCUT2D eigenvalue weighted by Gasteiger charge is -2.17. The van der Waals surface area contributed by atoms with Gasteiger partial charge in [0, 0.05) is 0 Å². The van der Waals surface area contributed by atoms with Gasteiger partial charge in [0.25, 0.3) is 0 Å². The second kappa shape index (κ2) is 6.41. The van der Waals surface area contributed by atoms with E-state index in [-0.39, 0.29) is 29.5 Å². The summed E-state index contributed by atoms with van der Waals surface area (Å²) in [6, 6.07) is 6.61. The minimum Gasteiger partial charge on any atom is -0.505 e. The van der Waals surface area contributed by atoms with Crippen molar-refractivity contribution >= 4 is 22.6 Å². The highest BCUT2D eigenvalue weighted by molar-refractivity contribution is 5.97. The molecule has 0 aliphatic carbocycles. The van der Waals surface area contributed by atoms with Gasteiger partial charge in [-0.3, -0.25) is 9.69 Å². The van der Waals surface area contributed by atoms with Crippen LogP contribution in [0.2, 0.25) is 0 Å². The van der Waals surface area contributed by atoms with E-state index in [1.165, 1.54) is 0 Å². The van der Waals surface area contributed by atoms with Gasteiger partial charge in [0.15, 0.2) is 11.4 Å². The van der Waals surface area contributed by atoms with Gasteiger partial charge < -0.3 is 14.8 Å². The third-order valence-electron chi connectivity index (χ3n) is 3.31. The number of nitrogens with one attached hydrogen (secondary N) is 1. The number of carbonyl (C=O) groups excluding carboxylic acids is 1. The second-order valence-corrected chi connectivity index (χ2v) is 4.62. The molecule has 6 nitrogen and oxygen atoms in total. The summed E-state index contributed by atoms with van der Waals surface area (Å²) < 4.78 is 5.09. The Morgan fingerprint density at radius 3 is 2.62 bits per heavy atom. The number of carbonyl (C=O) groups is 1. The molecular formula is C15H18N2O4. The predicted octanol–water partition coefficient (Wildman–Crippen LogP) is 1.78. The maximum absolute atomic E-state index is 11.9. The fourth-order valence-electron chi connectivity index (χ4n) is 2.07. The number of nitrogens with zero attached hydrogens (tertiary/aromatic N) is 1. The van der Waals surface area contributed by atoms with Gasteiger partial charge in [0.2, 0.25) is 5.91 Å². The van der Waals surface area contributed by atoms with Crippen LogP contribution < -0.4 is 10.9 Å². The number of likely N-dealkylation sites (N-methyl/N-ethyl adjacent to an activating group) is 1. The third-order valence-corrected chi connectivity index (χ3v) is 3.31. The molecule has 0 saturated carbocycles. The van der Waals surface area contributed by atoms with E-state index in [2.05, 4.69) is 5.32 Å². The molecule has 0 radical (unpaired) electrons. The molecule has 112 valence electrons. The van der Waals surface area contributed by atoms with Crippen molar-refractivity contribution in [3.63, 3.8) is 0 Å². The number of fused-ring (bicyclic) bond motifs is 1. The van der Waals surface area contributed by atoms with Gasteiger partial charge in [0.05, 0.1) is 11.9 Å². The highest BCUT2D eigenvalue weighted by Gasteiger charge is 2.17. The van der Waals surface area contributed by atoms with Crippen LogP contribution in [-0.4, -0.2) is 35.5 Å². The number of amides is 1. The first kappa shape index (κ1) is 15.1. The molecule has 0 saturated heterocycles. The van der Waals surface area contributed by atoms with E-state index in [4.69, 9.17) is 4.42 Å². The van der Waals surface area contributed by atoms with Gasteiger partial charge in [-0.1, -0.05) is 26.0 Å².